The molecular formula is C24H26FN3O5S. The van der Waals surface area contributed by atoms with Crippen LogP contribution >= 0.6 is 0 Å². The van der Waals surface area contributed by atoms with Crippen LogP contribution in [0.5, 0.6) is 0 Å². The van der Waals surface area contributed by atoms with Crippen LogP contribution in [-0.4, -0.2) is 73.0 Å². The average Bonchev–Trinajstić information content (AvgIpc) is 3.06. The van der Waals surface area contributed by atoms with Crippen molar-refractivity contribution in [2.45, 2.75) is 25.2 Å². The molecular weight excluding hydrogens is 461 g/mol. The quantitative estimate of drug-likeness (QED) is 0.584. The van der Waals surface area contributed by atoms with Crippen LogP contribution in [0.25, 0.3) is 0 Å². The van der Waals surface area contributed by atoms with Gasteiger partial charge in [-0.15, -0.1) is 0 Å². The van der Waals surface area contributed by atoms with Crippen LogP contribution in [0.4, 0.5) is 4.39 Å². The van der Waals surface area contributed by atoms with E-state index in [2.05, 4.69) is 0 Å². The molecule has 34 heavy (non-hydrogen) atoms. The molecule has 4 rings (SSSR count). The second-order valence-corrected chi connectivity index (χ2v) is 10.8. The Morgan fingerprint density at radius 2 is 1.65 bits per heavy atom. The van der Waals surface area contributed by atoms with Gasteiger partial charge < -0.3 is 4.90 Å². The van der Waals surface area contributed by atoms with Crippen LogP contribution in [0.15, 0.2) is 47.4 Å². The van der Waals surface area contributed by atoms with E-state index in [0.717, 1.165) is 6.07 Å². The van der Waals surface area contributed by atoms with E-state index in [-0.39, 0.29) is 59.6 Å². The maximum Gasteiger partial charge on any atom is 0.261 e. The van der Waals surface area contributed by atoms with Gasteiger partial charge in [0.2, 0.25) is 10.0 Å². The van der Waals surface area contributed by atoms with Crippen molar-refractivity contribution in [3.05, 3.63) is 65.0 Å². The highest BCUT2D eigenvalue weighted by atomic mass is 32.2. The first kappa shape index (κ1) is 24.0. The summed E-state index contributed by atoms with van der Waals surface area (Å²) in [5.41, 5.74) is 0.773. The molecule has 0 radical (unpaired) electrons. The number of carbonyl (C=O) groups is 3. The van der Waals surface area contributed by atoms with E-state index in [0.29, 0.717) is 18.9 Å². The molecule has 0 saturated carbocycles. The molecule has 1 fully saturated rings. The van der Waals surface area contributed by atoms with Gasteiger partial charge in [0.15, 0.2) is 0 Å². The third-order valence-electron chi connectivity index (χ3n) is 6.11. The van der Waals surface area contributed by atoms with Gasteiger partial charge in [-0.25, -0.2) is 12.8 Å². The minimum atomic E-state index is -3.87. The summed E-state index contributed by atoms with van der Waals surface area (Å²) >= 11 is 0. The fraction of sp³-hybridized carbons (Fsp3) is 0.375. The third-order valence-corrected chi connectivity index (χ3v) is 8.00. The summed E-state index contributed by atoms with van der Waals surface area (Å²) in [7, 11) is -3.87. The summed E-state index contributed by atoms with van der Waals surface area (Å²) in [6, 6.07) is 9.30. The Labute approximate surface area is 198 Å². The predicted molar refractivity (Wildman–Crippen MR) is 122 cm³/mol. The first-order chi connectivity index (χ1) is 16.1. The maximum atomic E-state index is 13.5. The standard InChI is InChI=1S/C24H26FN3O5S/c1-16(2)8-9-28-23(30)20-7-6-17(14-21(20)24(28)31)22(29)26-10-12-27(13-11-26)34(32,33)19-5-3-4-18(25)15-19/h3-7,14-16H,8-13H2,1-2H3. The van der Waals surface area contributed by atoms with Crippen LogP contribution in [0, 0.1) is 11.7 Å². The highest BCUT2D eigenvalue weighted by Gasteiger charge is 2.36. The molecule has 0 atom stereocenters. The van der Waals surface area contributed by atoms with Gasteiger partial charge in [0.25, 0.3) is 17.7 Å². The molecule has 2 heterocycles. The number of nitrogens with zero attached hydrogens (tertiary/aromatic N) is 3. The zero-order valence-electron chi connectivity index (χ0n) is 19.0. The Balaban J connectivity index is 1.45. The van der Waals surface area contributed by atoms with Gasteiger partial charge in [-0.3, -0.25) is 19.3 Å². The van der Waals surface area contributed by atoms with E-state index in [1.54, 1.807) is 0 Å². The van der Waals surface area contributed by atoms with Crippen LogP contribution < -0.4 is 0 Å². The highest BCUT2D eigenvalue weighted by Crippen LogP contribution is 2.26. The van der Waals surface area contributed by atoms with Gasteiger partial charge >= 0.3 is 0 Å². The lowest BCUT2D eigenvalue weighted by Gasteiger charge is -2.34. The second kappa shape index (κ2) is 9.27. The summed E-state index contributed by atoms with van der Waals surface area (Å²) in [6.45, 7) is 4.78. The summed E-state index contributed by atoms with van der Waals surface area (Å²) in [5, 5.41) is 0. The molecule has 0 aliphatic carbocycles. The van der Waals surface area contributed by atoms with Crippen molar-refractivity contribution in [2.75, 3.05) is 32.7 Å². The van der Waals surface area contributed by atoms with Gasteiger partial charge in [-0.2, -0.15) is 4.31 Å². The minimum absolute atomic E-state index is 0.0654. The Morgan fingerprint density at radius 3 is 2.29 bits per heavy atom. The van der Waals surface area contributed by atoms with Crippen molar-refractivity contribution in [3.8, 4) is 0 Å². The van der Waals surface area contributed by atoms with E-state index in [4.69, 9.17) is 0 Å². The Bertz CT molecular complexity index is 1250. The van der Waals surface area contributed by atoms with Gasteiger partial charge in [0.1, 0.15) is 5.82 Å². The number of hydrogen-bond donors (Lipinski definition) is 0. The minimum Gasteiger partial charge on any atom is -0.336 e. The van der Waals surface area contributed by atoms with Crippen LogP contribution in [0.2, 0.25) is 0 Å². The Kier molecular flexibility index (Phi) is 6.55. The molecule has 180 valence electrons. The van der Waals surface area contributed by atoms with Crippen molar-refractivity contribution >= 4 is 27.7 Å². The molecule has 1 saturated heterocycles. The van der Waals surface area contributed by atoms with Gasteiger partial charge in [-0.05, 0) is 48.7 Å². The molecule has 2 aromatic carbocycles. The number of amides is 3. The predicted octanol–water partition coefficient (Wildman–Crippen LogP) is 2.61. The molecule has 2 aliphatic rings. The molecule has 8 nitrogen and oxygen atoms in total. The van der Waals surface area contributed by atoms with E-state index < -0.39 is 21.7 Å². The van der Waals surface area contributed by atoms with Crippen LogP contribution in [-0.2, 0) is 10.0 Å². The molecule has 0 unspecified atom stereocenters. The number of carbonyl (C=O) groups excluding carboxylic acids is 3. The molecule has 2 aromatic rings. The molecule has 0 aromatic heterocycles. The Hall–Kier alpha value is -3.11. The topological polar surface area (TPSA) is 95.1 Å². The summed E-state index contributed by atoms with van der Waals surface area (Å²) < 4.78 is 40.3. The number of rotatable bonds is 6. The number of halogens is 1. The number of sulfonamides is 1. The second-order valence-electron chi connectivity index (χ2n) is 8.86. The first-order valence-electron chi connectivity index (χ1n) is 11.1. The number of fused-ring (bicyclic) bond motifs is 1. The first-order valence-corrected chi connectivity index (χ1v) is 12.6. The zero-order valence-corrected chi connectivity index (χ0v) is 19.8. The largest absolute Gasteiger partial charge is 0.336 e. The fourth-order valence-electron chi connectivity index (χ4n) is 4.10. The summed E-state index contributed by atoms with van der Waals surface area (Å²) in [5.74, 6) is -1.39. The van der Waals surface area contributed by atoms with E-state index in [1.807, 2.05) is 13.8 Å². The average molecular weight is 488 g/mol. The fourth-order valence-corrected chi connectivity index (χ4v) is 5.56. The molecule has 2 aliphatic heterocycles. The number of benzene rings is 2. The molecule has 0 bridgehead atoms. The third kappa shape index (κ3) is 4.47. The lowest BCUT2D eigenvalue weighted by Crippen LogP contribution is -2.50. The SMILES string of the molecule is CC(C)CCN1C(=O)c2ccc(C(=O)N3CCN(S(=O)(=O)c4cccc(F)c4)CC3)cc2C1=O. The van der Waals surface area contributed by atoms with E-state index in [1.165, 1.54) is 50.5 Å². The molecule has 0 spiro atoms. The highest BCUT2D eigenvalue weighted by molar-refractivity contribution is 7.89. The summed E-state index contributed by atoms with van der Waals surface area (Å²) in [4.78, 5) is 41.0. The normalized spacial score (nSPS) is 16.9. The number of piperazine rings is 1. The molecule has 10 heteroatoms. The van der Waals surface area contributed by atoms with Crippen LogP contribution in [0.3, 0.4) is 0 Å². The summed E-state index contributed by atoms with van der Waals surface area (Å²) in [6.07, 6.45) is 0.695. The van der Waals surface area contributed by atoms with Gasteiger partial charge in [-0.1, -0.05) is 19.9 Å². The molecule has 3 amide bonds. The van der Waals surface area contributed by atoms with Crippen molar-refractivity contribution < 1.29 is 27.2 Å². The van der Waals surface area contributed by atoms with E-state index in [9.17, 15) is 27.2 Å². The number of hydrogen-bond acceptors (Lipinski definition) is 5. The van der Waals surface area contributed by atoms with Gasteiger partial charge in [0.05, 0.1) is 16.0 Å². The van der Waals surface area contributed by atoms with Crippen molar-refractivity contribution in [3.63, 3.8) is 0 Å². The lowest BCUT2D eigenvalue weighted by atomic mass is 10.0. The maximum absolute atomic E-state index is 13.5. The lowest BCUT2D eigenvalue weighted by molar-refractivity contribution is 0.0647. The molecule has 0 N–H and O–H groups in total. The Morgan fingerprint density at radius 1 is 0.971 bits per heavy atom. The van der Waals surface area contributed by atoms with Crippen molar-refractivity contribution in [1.29, 1.82) is 0 Å². The van der Waals surface area contributed by atoms with Gasteiger partial charge in [0, 0.05) is 38.3 Å². The zero-order chi connectivity index (χ0) is 24.6. The van der Waals surface area contributed by atoms with Crippen molar-refractivity contribution in [2.24, 2.45) is 5.92 Å². The monoisotopic (exact) mass is 487 g/mol. The van der Waals surface area contributed by atoms with Crippen LogP contribution in [0.1, 0.15) is 51.3 Å². The smallest absolute Gasteiger partial charge is 0.261 e. The van der Waals surface area contributed by atoms with Crippen molar-refractivity contribution in [1.82, 2.24) is 14.1 Å². The number of imide groups is 1. The van der Waals surface area contributed by atoms with E-state index >= 15 is 0 Å².